The molecule has 1 unspecified atom stereocenters. The number of H-pyrrole nitrogens is 1. The third kappa shape index (κ3) is 5.44. The number of aromatic nitrogens is 2. The molecule has 204 valence electrons. The first-order chi connectivity index (χ1) is 17.7. The maximum Gasteiger partial charge on any atom is 0.530 e. The highest BCUT2D eigenvalue weighted by Crippen LogP contribution is 2.58. The summed E-state index contributed by atoms with van der Waals surface area (Å²) in [5, 5.41) is 10.4. The summed E-state index contributed by atoms with van der Waals surface area (Å²) in [5.41, 5.74) is -2.24. The van der Waals surface area contributed by atoms with Crippen molar-refractivity contribution in [3.8, 4) is 5.75 Å². The average molecular weight is 547 g/mol. The summed E-state index contributed by atoms with van der Waals surface area (Å²) in [5.74, 6) is -4.24. The molecule has 2 N–H and O–H groups in total. The summed E-state index contributed by atoms with van der Waals surface area (Å²) >= 11 is 0. The van der Waals surface area contributed by atoms with Crippen molar-refractivity contribution in [3.63, 3.8) is 0 Å². The quantitative estimate of drug-likeness (QED) is 0.552. The van der Waals surface area contributed by atoms with Gasteiger partial charge in [-0.1, -0.05) is 41.5 Å². The molecule has 0 saturated carbocycles. The second kappa shape index (κ2) is 9.13. The van der Waals surface area contributed by atoms with Crippen LogP contribution in [0.1, 0.15) is 73.6 Å². The normalized spacial score (nSPS) is 29.3. The van der Waals surface area contributed by atoms with Crippen LogP contribution in [0, 0.1) is 5.82 Å². The fourth-order valence-corrected chi connectivity index (χ4v) is 5.22. The highest BCUT2D eigenvalue weighted by Gasteiger charge is 2.51. The molecule has 0 aliphatic carbocycles. The Labute approximate surface area is 214 Å². The molecule has 37 heavy (non-hydrogen) atoms. The smallest absolute Gasteiger partial charge is 0.403 e. The zero-order chi connectivity index (χ0) is 29.3. The van der Waals surface area contributed by atoms with Gasteiger partial charge in [0.15, 0.2) is 6.23 Å². The number of aliphatic hydroxyl groups excluding tert-OH is 1. The van der Waals surface area contributed by atoms with Crippen molar-refractivity contribution in [3.05, 3.63) is 61.7 Å². The molecule has 0 amide bonds. The molecule has 1 aromatic heterocycles. The SMILES string of the molecule is [2H]C([2H])(OP1(=O)OCc2c(F)c(C(C)(C)C)cc(C(C)(C)C)c2O1)[C@]1(F)C[C@@H](O)[C@H](n2ccc(=O)[nH]c2=O)O1. The number of fused-ring (bicyclic) bond motifs is 1. The molecular weight excluding hydrogens is 513 g/mol. The van der Waals surface area contributed by atoms with E-state index in [9.17, 15) is 19.3 Å². The van der Waals surface area contributed by atoms with E-state index in [1.54, 1.807) is 6.07 Å². The maximum atomic E-state index is 15.9. The van der Waals surface area contributed by atoms with E-state index in [1.165, 1.54) is 0 Å². The highest BCUT2D eigenvalue weighted by molar-refractivity contribution is 7.49. The zero-order valence-corrected chi connectivity index (χ0v) is 22.2. The van der Waals surface area contributed by atoms with Crippen LogP contribution in [0.3, 0.4) is 0 Å². The summed E-state index contributed by atoms with van der Waals surface area (Å²) in [4.78, 5) is 25.4. The zero-order valence-electron chi connectivity index (χ0n) is 23.3. The number of hydrogen-bond acceptors (Lipinski definition) is 8. The minimum atomic E-state index is -4.92. The molecule has 0 bridgehead atoms. The minimum Gasteiger partial charge on any atom is -0.403 e. The van der Waals surface area contributed by atoms with E-state index in [2.05, 4.69) is 0 Å². The number of ether oxygens (including phenoxy) is 1. The van der Waals surface area contributed by atoms with Gasteiger partial charge in [0.1, 0.15) is 24.2 Å². The number of nitrogens with one attached hydrogen (secondary N) is 1. The minimum absolute atomic E-state index is 0.0389. The lowest BCUT2D eigenvalue weighted by atomic mass is 9.78. The van der Waals surface area contributed by atoms with Crippen LogP contribution < -0.4 is 15.8 Å². The summed E-state index contributed by atoms with van der Waals surface area (Å²) in [6.07, 6.45) is -3.60. The number of hydrogen-bond donors (Lipinski definition) is 2. The van der Waals surface area contributed by atoms with Crippen LogP contribution >= 0.6 is 7.82 Å². The lowest BCUT2D eigenvalue weighted by Gasteiger charge is -2.34. The first kappa shape index (κ1) is 24.9. The third-order valence-electron chi connectivity index (χ3n) is 6.04. The van der Waals surface area contributed by atoms with Crippen molar-refractivity contribution in [2.24, 2.45) is 0 Å². The van der Waals surface area contributed by atoms with Gasteiger partial charge in [0, 0.05) is 24.2 Å². The Morgan fingerprint density at radius 1 is 1.27 bits per heavy atom. The van der Waals surface area contributed by atoms with Gasteiger partial charge >= 0.3 is 13.5 Å². The van der Waals surface area contributed by atoms with Crippen molar-refractivity contribution in [1.82, 2.24) is 9.55 Å². The molecule has 0 radical (unpaired) electrons. The van der Waals surface area contributed by atoms with E-state index in [4.69, 9.17) is 21.0 Å². The van der Waals surface area contributed by atoms with Crippen LogP contribution in [0.2, 0.25) is 0 Å². The van der Waals surface area contributed by atoms with Crippen molar-refractivity contribution in [2.45, 2.75) is 83.6 Å². The second-order valence-electron chi connectivity index (χ2n) is 11.1. The van der Waals surface area contributed by atoms with E-state index in [0.29, 0.717) is 15.7 Å². The first-order valence-electron chi connectivity index (χ1n) is 12.5. The number of phosphoric ester groups is 1. The van der Waals surface area contributed by atoms with Gasteiger partial charge in [0.2, 0.25) is 5.85 Å². The Balaban J connectivity index is 1.67. The van der Waals surface area contributed by atoms with Gasteiger partial charge in [-0.3, -0.25) is 23.4 Å². The fraction of sp³-hybridized carbons (Fsp3) is 0.583. The standard InChI is InChI=1S/C24H31F2N2O8P/c1-22(2,3)14-9-15(23(4,5)6)19-13(18(14)25)11-33-37(32,36-19)34-12-24(26)10-16(29)20(35-24)28-8-7-17(30)27-21(28)31/h7-9,16,20,29H,10-12H2,1-6H3,(H,27,30,31)/t16-,20-,24+,37?/m1/s1/i12D2. The van der Waals surface area contributed by atoms with Crippen LogP contribution in [0.4, 0.5) is 8.78 Å². The predicted molar refractivity (Wildman–Crippen MR) is 129 cm³/mol. The first-order valence-corrected chi connectivity index (χ1v) is 13.0. The fourth-order valence-electron chi connectivity index (χ4n) is 4.11. The Bertz CT molecular complexity index is 1470. The lowest BCUT2D eigenvalue weighted by Crippen LogP contribution is -2.35. The van der Waals surface area contributed by atoms with Crippen molar-refractivity contribution in [2.75, 3.05) is 6.56 Å². The van der Waals surface area contributed by atoms with Gasteiger partial charge in [0.05, 0.1) is 14.9 Å². The van der Waals surface area contributed by atoms with Crippen molar-refractivity contribution >= 4 is 7.82 Å². The molecule has 1 fully saturated rings. The van der Waals surface area contributed by atoms with Gasteiger partial charge in [0.25, 0.3) is 5.56 Å². The van der Waals surface area contributed by atoms with Gasteiger partial charge in [-0.05, 0) is 22.5 Å². The topological polar surface area (TPSA) is 129 Å². The Morgan fingerprint density at radius 3 is 2.51 bits per heavy atom. The molecule has 1 aromatic carbocycles. The lowest BCUT2D eigenvalue weighted by molar-refractivity contribution is -0.179. The Morgan fingerprint density at radius 2 is 1.92 bits per heavy atom. The molecule has 2 aliphatic rings. The molecule has 13 heteroatoms. The molecule has 4 rings (SSSR count). The molecule has 3 heterocycles. The van der Waals surface area contributed by atoms with Crippen LogP contribution in [-0.2, 0) is 35.8 Å². The van der Waals surface area contributed by atoms with E-state index >= 15 is 8.78 Å². The van der Waals surface area contributed by atoms with Crippen LogP contribution in [0.15, 0.2) is 27.9 Å². The van der Waals surface area contributed by atoms with Crippen LogP contribution in [0.25, 0.3) is 0 Å². The Kier molecular flexibility index (Phi) is 6.15. The maximum absolute atomic E-state index is 15.9. The number of aromatic amines is 1. The highest BCUT2D eigenvalue weighted by atomic mass is 31.2. The summed E-state index contributed by atoms with van der Waals surface area (Å²) in [7, 11) is -4.92. The summed E-state index contributed by atoms with van der Waals surface area (Å²) < 4.78 is 82.6. The third-order valence-corrected chi connectivity index (χ3v) is 7.20. The molecule has 10 nitrogen and oxygen atoms in total. The predicted octanol–water partition coefficient (Wildman–Crippen LogP) is 3.95. The second-order valence-corrected chi connectivity index (χ2v) is 12.6. The van der Waals surface area contributed by atoms with Crippen molar-refractivity contribution in [1.29, 1.82) is 0 Å². The number of nitrogens with zero attached hydrogens (tertiary/aromatic N) is 1. The van der Waals surface area contributed by atoms with Gasteiger partial charge in [-0.25, -0.2) is 18.1 Å². The number of benzene rings is 1. The Hall–Kier alpha value is -2.37. The molecule has 4 atom stereocenters. The molecule has 0 spiro atoms. The number of halogens is 2. The molecule has 1 saturated heterocycles. The molecular formula is C24H31F2N2O8P. The molecule has 2 aromatic rings. The van der Waals surface area contributed by atoms with E-state index in [-0.39, 0.29) is 11.3 Å². The van der Waals surface area contributed by atoms with Crippen LogP contribution in [-0.4, -0.2) is 33.2 Å². The summed E-state index contributed by atoms with van der Waals surface area (Å²) in [6.45, 7) is 6.76. The number of phosphoric acid groups is 1. The van der Waals surface area contributed by atoms with Crippen molar-refractivity contribution < 1.29 is 39.5 Å². The van der Waals surface area contributed by atoms with E-state index in [0.717, 1.165) is 12.3 Å². The molecule has 2 aliphatic heterocycles. The van der Waals surface area contributed by atoms with Gasteiger partial charge < -0.3 is 14.4 Å². The largest absolute Gasteiger partial charge is 0.530 e. The van der Waals surface area contributed by atoms with Crippen LogP contribution in [0.5, 0.6) is 5.75 Å². The number of alkyl halides is 1. The van der Waals surface area contributed by atoms with E-state index in [1.807, 2.05) is 46.5 Å². The summed E-state index contributed by atoms with van der Waals surface area (Å²) in [6, 6.07) is 2.51. The number of rotatable bonds is 4. The average Bonchev–Trinajstić information content (AvgIpc) is 3.07. The van der Waals surface area contributed by atoms with Gasteiger partial charge in [-0.15, -0.1) is 0 Å². The monoisotopic (exact) mass is 546 g/mol. The van der Waals surface area contributed by atoms with Gasteiger partial charge in [-0.2, -0.15) is 0 Å². The van der Waals surface area contributed by atoms with E-state index < -0.39 is 73.5 Å². The number of aliphatic hydroxyl groups is 1.